The lowest BCUT2D eigenvalue weighted by Gasteiger charge is -2.28. The fourth-order valence-corrected chi connectivity index (χ4v) is 5.17. The quantitative estimate of drug-likeness (QED) is 0.444. The Hall–Kier alpha value is -2.13. The Morgan fingerprint density at radius 2 is 1.85 bits per heavy atom. The molecule has 1 heterocycles. The number of hydrogen-bond acceptors (Lipinski definition) is 4. The summed E-state index contributed by atoms with van der Waals surface area (Å²) in [6.45, 7) is 0.500. The number of carboxylic acids is 1. The molecule has 6 nitrogen and oxygen atoms in total. The van der Waals surface area contributed by atoms with Crippen molar-refractivity contribution in [2.45, 2.75) is 63.6 Å². The Bertz CT molecular complexity index is 959. The largest absolute Gasteiger partial charge is 0.489 e. The van der Waals surface area contributed by atoms with Gasteiger partial charge >= 0.3 is 5.97 Å². The maximum Gasteiger partial charge on any atom is 0.320 e. The molecule has 0 bridgehead atoms. The molecule has 1 fully saturated rings. The summed E-state index contributed by atoms with van der Waals surface area (Å²) in [4.78, 5) is 27.4. The van der Waals surface area contributed by atoms with Gasteiger partial charge < -0.3 is 14.7 Å². The number of fused-ring (bicyclic) bond motifs is 1. The van der Waals surface area contributed by atoms with Crippen molar-refractivity contribution in [3.8, 4) is 5.75 Å². The molecule has 1 amide bonds. The molecule has 2 aromatic rings. The maximum atomic E-state index is 13.6. The van der Waals surface area contributed by atoms with Crippen LogP contribution in [0.2, 0.25) is 0 Å². The Morgan fingerprint density at radius 3 is 2.58 bits per heavy atom. The third-order valence-electron chi connectivity index (χ3n) is 6.67. The van der Waals surface area contributed by atoms with Crippen molar-refractivity contribution in [3.63, 3.8) is 0 Å². The lowest BCUT2D eigenvalue weighted by Crippen LogP contribution is -2.53. The minimum absolute atomic E-state index is 0.103. The Kier molecular flexibility index (Phi) is 8.25. The van der Waals surface area contributed by atoms with E-state index in [9.17, 15) is 14.7 Å². The molecule has 176 valence electrons. The normalized spacial score (nSPS) is 20.0. The third kappa shape index (κ3) is 6.26. The zero-order chi connectivity index (χ0) is 23.2. The number of carboxylic acid groups (broad SMARTS) is 1. The van der Waals surface area contributed by atoms with Gasteiger partial charge in [-0.15, -0.1) is 0 Å². The monoisotopic (exact) mass is 562 g/mol. The van der Waals surface area contributed by atoms with E-state index in [1.807, 2.05) is 48.5 Å². The van der Waals surface area contributed by atoms with Crippen LogP contribution in [-0.2, 0) is 16.1 Å². The van der Waals surface area contributed by atoms with Crippen LogP contribution in [0.5, 0.6) is 5.75 Å². The van der Waals surface area contributed by atoms with Gasteiger partial charge in [0.15, 0.2) is 0 Å². The van der Waals surface area contributed by atoms with Gasteiger partial charge in [-0.3, -0.25) is 14.9 Å². The van der Waals surface area contributed by atoms with Crippen LogP contribution >= 0.6 is 22.6 Å². The van der Waals surface area contributed by atoms with Crippen LogP contribution in [0.25, 0.3) is 0 Å². The van der Waals surface area contributed by atoms with Crippen molar-refractivity contribution >= 4 is 40.2 Å². The molecule has 1 aliphatic heterocycles. The van der Waals surface area contributed by atoms with Crippen LogP contribution in [0.15, 0.2) is 48.5 Å². The summed E-state index contributed by atoms with van der Waals surface area (Å²) < 4.78 is 7.10. The average molecular weight is 562 g/mol. The molecule has 1 unspecified atom stereocenters. The molecule has 1 aliphatic carbocycles. The molecule has 0 aromatic heterocycles. The number of ether oxygens (including phenoxy) is 1. The topological polar surface area (TPSA) is 78.9 Å². The number of rotatable bonds is 8. The van der Waals surface area contributed by atoms with E-state index in [1.165, 1.54) is 32.1 Å². The molecule has 2 aromatic carbocycles. The van der Waals surface area contributed by atoms with E-state index < -0.39 is 18.1 Å². The summed E-state index contributed by atoms with van der Waals surface area (Å²) in [7, 11) is 0. The minimum Gasteiger partial charge on any atom is -0.489 e. The number of hydrogen-bond donors (Lipinski definition) is 2. The van der Waals surface area contributed by atoms with Gasteiger partial charge in [-0.25, -0.2) is 0 Å². The fourth-order valence-electron chi connectivity index (χ4n) is 4.81. The summed E-state index contributed by atoms with van der Waals surface area (Å²) in [5.74, 6) is 0.145. The fraction of sp³-hybridized carbons (Fsp3) is 0.462. The molecular formula is C26H31IN2O4. The van der Waals surface area contributed by atoms with E-state index in [1.54, 1.807) is 4.90 Å². The lowest BCUT2D eigenvalue weighted by molar-refractivity contribution is -0.140. The highest BCUT2D eigenvalue weighted by Gasteiger charge is 2.34. The highest BCUT2D eigenvalue weighted by molar-refractivity contribution is 14.1. The first kappa shape index (κ1) is 24.0. The third-order valence-corrected chi connectivity index (χ3v) is 7.39. The van der Waals surface area contributed by atoms with Gasteiger partial charge in [-0.1, -0.05) is 56.4 Å². The Labute approximate surface area is 208 Å². The highest BCUT2D eigenvalue weighted by Crippen LogP contribution is 2.33. The molecule has 1 saturated carbocycles. The number of aliphatic carboxylic acids is 1. The van der Waals surface area contributed by atoms with Gasteiger partial charge in [0.05, 0.1) is 12.2 Å². The van der Waals surface area contributed by atoms with E-state index in [0.717, 1.165) is 15.6 Å². The first-order valence-electron chi connectivity index (χ1n) is 11.8. The average Bonchev–Trinajstić information content (AvgIpc) is 2.95. The molecule has 0 radical (unpaired) electrons. The summed E-state index contributed by atoms with van der Waals surface area (Å²) in [5.41, 5.74) is 1.71. The molecule has 4 rings (SSSR count). The first-order valence-corrected chi connectivity index (χ1v) is 12.9. The number of anilines is 1. The number of halogens is 1. The predicted octanol–water partition coefficient (Wildman–Crippen LogP) is 4.99. The van der Waals surface area contributed by atoms with Crippen molar-refractivity contribution in [2.75, 3.05) is 11.5 Å². The Morgan fingerprint density at radius 1 is 1.12 bits per heavy atom. The van der Waals surface area contributed by atoms with Crippen LogP contribution in [0.4, 0.5) is 5.69 Å². The van der Waals surface area contributed by atoms with Crippen molar-refractivity contribution in [2.24, 2.45) is 5.92 Å². The molecule has 2 atom stereocenters. The van der Waals surface area contributed by atoms with E-state index in [4.69, 9.17) is 4.74 Å². The molecule has 7 heteroatoms. The number of benzene rings is 2. The molecule has 33 heavy (non-hydrogen) atoms. The zero-order valence-corrected chi connectivity index (χ0v) is 20.9. The smallest absolute Gasteiger partial charge is 0.320 e. The predicted molar refractivity (Wildman–Crippen MR) is 136 cm³/mol. The van der Waals surface area contributed by atoms with Gasteiger partial charge in [0.25, 0.3) is 0 Å². The minimum atomic E-state index is -0.912. The van der Waals surface area contributed by atoms with Crippen molar-refractivity contribution in [3.05, 3.63) is 57.7 Å². The molecule has 2 N–H and O–H groups in total. The van der Waals surface area contributed by atoms with Crippen molar-refractivity contribution < 1.29 is 19.4 Å². The standard InChI is InChI=1S/C26H31IN2O4/c27-20-13-10-19(11-14-20)16-29-23-8-4-5-9-24(23)33-17-22(25(29)30)28-21(26(31)32)15-12-18-6-2-1-3-7-18/h4-5,8-11,13-14,18,21-22,28H,1-3,6-7,12,15-17H2,(H,31,32)/t21-,22?/m0/s1. The van der Waals surface area contributed by atoms with Gasteiger partial charge in [0, 0.05) is 3.57 Å². The Balaban J connectivity index is 1.51. The van der Waals surface area contributed by atoms with E-state index in [-0.39, 0.29) is 12.5 Å². The summed E-state index contributed by atoms with van der Waals surface area (Å²) >= 11 is 2.26. The number of nitrogens with zero attached hydrogens (tertiary/aromatic N) is 1. The highest BCUT2D eigenvalue weighted by atomic mass is 127. The van der Waals surface area contributed by atoms with E-state index in [0.29, 0.717) is 30.3 Å². The van der Waals surface area contributed by atoms with Crippen molar-refractivity contribution in [1.29, 1.82) is 0 Å². The second-order valence-electron chi connectivity index (χ2n) is 9.02. The second-order valence-corrected chi connectivity index (χ2v) is 10.3. The van der Waals surface area contributed by atoms with Gasteiger partial charge in [-0.05, 0) is 71.2 Å². The molecule has 2 aliphatic rings. The van der Waals surface area contributed by atoms with E-state index in [2.05, 4.69) is 27.9 Å². The number of carbonyl (C=O) groups excluding carboxylic acids is 1. The summed E-state index contributed by atoms with van der Waals surface area (Å²) in [6.07, 6.45) is 7.50. The number of amides is 1. The molecular weight excluding hydrogens is 531 g/mol. The van der Waals surface area contributed by atoms with Gasteiger partial charge in [-0.2, -0.15) is 0 Å². The lowest BCUT2D eigenvalue weighted by atomic mass is 9.85. The van der Waals surface area contributed by atoms with E-state index >= 15 is 0 Å². The SMILES string of the molecule is O=C(O)[C@H](CCC1CCCCC1)NC1COc2ccccc2N(Cc2ccc(I)cc2)C1=O. The van der Waals surface area contributed by atoms with Crippen LogP contribution < -0.4 is 15.0 Å². The first-order chi connectivity index (χ1) is 16.0. The van der Waals surface area contributed by atoms with Crippen LogP contribution in [0.3, 0.4) is 0 Å². The van der Waals surface area contributed by atoms with Crippen LogP contribution in [0.1, 0.15) is 50.5 Å². The molecule has 0 saturated heterocycles. The maximum absolute atomic E-state index is 13.6. The summed E-state index contributed by atoms with van der Waals surface area (Å²) in [5, 5.41) is 13.0. The van der Waals surface area contributed by atoms with Crippen LogP contribution in [-0.4, -0.2) is 35.7 Å². The molecule has 0 spiro atoms. The second kappa shape index (κ2) is 11.3. The zero-order valence-electron chi connectivity index (χ0n) is 18.7. The van der Waals surface area contributed by atoms with Crippen molar-refractivity contribution in [1.82, 2.24) is 5.32 Å². The number of nitrogens with one attached hydrogen (secondary N) is 1. The summed E-state index contributed by atoms with van der Waals surface area (Å²) in [6, 6.07) is 14.0. The van der Waals surface area contributed by atoms with Gasteiger partial charge in [0.1, 0.15) is 24.4 Å². The number of carbonyl (C=O) groups is 2. The van der Waals surface area contributed by atoms with Gasteiger partial charge in [0.2, 0.25) is 5.91 Å². The van der Waals surface area contributed by atoms with Crippen LogP contribution in [0, 0.1) is 9.49 Å². The number of para-hydroxylation sites is 2.